The highest BCUT2D eigenvalue weighted by atomic mass is 15.1. The van der Waals surface area contributed by atoms with E-state index in [9.17, 15) is 0 Å². The molecule has 6 heteroatoms. The lowest BCUT2D eigenvalue weighted by Gasteiger charge is -2.04. The largest absolute Gasteiger partial charge is 0.256 e. The molecule has 0 atom stereocenters. The molecule has 0 aliphatic rings. The van der Waals surface area contributed by atoms with Gasteiger partial charge in [0.05, 0.1) is 23.8 Å². The minimum absolute atomic E-state index is 0.685. The lowest BCUT2D eigenvalue weighted by atomic mass is 10.1. The van der Waals surface area contributed by atoms with E-state index in [1.54, 1.807) is 24.8 Å². The molecule has 4 heterocycles. The summed E-state index contributed by atoms with van der Waals surface area (Å²) in [5.41, 5.74) is 5.76. The van der Waals surface area contributed by atoms with Crippen molar-refractivity contribution in [2.45, 2.75) is 13.3 Å². The van der Waals surface area contributed by atoms with Crippen LogP contribution in [0.1, 0.15) is 12.5 Å². The Morgan fingerprint density at radius 3 is 2.32 bits per heavy atom. The summed E-state index contributed by atoms with van der Waals surface area (Å²) in [7, 11) is 0. The van der Waals surface area contributed by atoms with Gasteiger partial charge in [0.25, 0.3) is 0 Å². The van der Waals surface area contributed by atoms with E-state index >= 15 is 0 Å². The first-order valence-corrected chi connectivity index (χ1v) is 8.91. The van der Waals surface area contributed by atoms with Gasteiger partial charge in [-0.15, -0.1) is 0 Å². The first-order valence-electron chi connectivity index (χ1n) is 8.91. The van der Waals surface area contributed by atoms with Gasteiger partial charge in [-0.1, -0.05) is 12.1 Å². The van der Waals surface area contributed by atoms with Crippen molar-refractivity contribution in [2.24, 2.45) is 4.99 Å². The molecule has 0 saturated heterocycles. The predicted octanol–water partition coefficient (Wildman–Crippen LogP) is 4.33. The Labute approximate surface area is 163 Å². The van der Waals surface area contributed by atoms with Gasteiger partial charge in [0.1, 0.15) is 0 Å². The average Bonchev–Trinajstić information content (AvgIpc) is 2.76. The molecule has 28 heavy (non-hydrogen) atoms. The van der Waals surface area contributed by atoms with Crippen LogP contribution in [-0.4, -0.2) is 30.9 Å². The molecule has 4 aromatic heterocycles. The second-order valence-electron chi connectivity index (χ2n) is 6.33. The predicted molar refractivity (Wildman–Crippen MR) is 109 cm³/mol. The molecule has 6 nitrogen and oxygen atoms in total. The van der Waals surface area contributed by atoms with Crippen LogP contribution in [0.5, 0.6) is 0 Å². The van der Waals surface area contributed by atoms with Gasteiger partial charge < -0.3 is 0 Å². The molecular weight excluding hydrogens is 348 g/mol. The van der Waals surface area contributed by atoms with Gasteiger partial charge in [0, 0.05) is 41.8 Å². The van der Waals surface area contributed by atoms with Crippen LogP contribution in [0.15, 0.2) is 84.5 Å². The maximum Gasteiger partial charge on any atom is 0.151 e. The Morgan fingerprint density at radius 2 is 1.64 bits per heavy atom. The molecule has 0 aromatic carbocycles. The zero-order chi connectivity index (χ0) is 19.2. The number of rotatable bonds is 5. The Bertz CT molecular complexity index is 1060. The summed E-state index contributed by atoms with van der Waals surface area (Å²) in [6, 6.07) is 15.6. The van der Waals surface area contributed by atoms with E-state index in [0.29, 0.717) is 12.2 Å². The van der Waals surface area contributed by atoms with E-state index in [1.807, 2.05) is 55.6 Å². The molecule has 4 rings (SSSR count). The minimum atomic E-state index is 0.685. The molecule has 0 fully saturated rings. The SMILES string of the molecule is CC(Cc1ccc(-c2ccnnc2)nc1)=Nc1ccc(-c2ccccn2)cn1. The van der Waals surface area contributed by atoms with Crippen molar-refractivity contribution < 1.29 is 0 Å². The molecule has 0 N–H and O–H groups in total. The fraction of sp³-hybridized carbons (Fsp3) is 0.0909. The maximum atomic E-state index is 4.61. The van der Waals surface area contributed by atoms with Crippen LogP contribution < -0.4 is 0 Å². The van der Waals surface area contributed by atoms with Crippen molar-refractivity contribution in [1.82, 2.24) is 25.1 Å². The zero-order valence-corrected chi connectivity index (χ0v) is 15.4. The number of hydrogen-bond acceptors (Lipinski definition) is 6. The van der Waals surface area contributed by atoms with E-state index in [2.05, 4.69) is 36.2 Å². The lowest BCUT2D eigenvalue weighted by Crippen LogP contribution is -1.98. The highest BCUT2D eigenvalue weighted by Crippen LogP contribution is 2.19. The van der Waals surface area contributed by atoms with Crippen LogP contribution in [0.3, 0.4) is 0 Å². The van der Waals surface area contributed by atoms with Crippen LogP contribution in [-0.2, 0) is 6.42 Å². The Balaban J connectivity index is 1.44. The van der Waals surface area contributed by atoms with Crippen molar-refractivity contribution in [1.29, 1.82) is 0 Å². The van der Waals surface area contributed by atoms with E-state index in [-0.39, 0.29) is 0 Å². The first-order chi connectivity index (χ1) is 13.8. The van der Waals surface area contributed by atoms with Crippen molar-refractivity contribution in [2.75, 3.05) is 0 Å². The third-order valence-corrected chi connectivity index (χ3v) is 4.18. The second-order valence-corrected chi connectivity index (χ2v) is 6.33. The molecule has 0 spiro atoms. The molecule has 0 unspecified atom stereocenters. The quantitative estimate of drug-likeness (QED) is 0.491. The van der Waals surface area contributed by atoms with Gasteiger partial charge >= 0.3 is 0 Å². The summed E-state index contributed by atoms with van der Waals surface area (Å²) in [5, 5.41) is 7.67. The Morgan fingerprint density at radius 1 is 0.750 bits per heavy atom. The number of aromatic nitrogens is 5. The average molecular weight is 366 g/mol. The minimum Gasteiger partial charge on any atom is -0.256 e. The van der Waals surface area contributed by atoms with Crippen LogP contribution in [0.2, 0.25) is 0 Å². The molecule has 4 aromatic rings. The third-order valence-electron chi connectivity index (χ3n) is 4.18. The number of aliphatic imine (C=N–C) groups is 1. The number of hydrogen-bond donors (Lipinski definition) is 0. The van der Waals surface area contributed by atoms with E-state index in [0.717, 1.165) is 33.8 Å². The molecule has 0 amide bonds. The van der Waals surface area contributed by atoms with Crippen molar-refractivity contribution in [3.63, 3.8) is 0 Å². The van der Waals surface area contributed by atoms with Crippen molar-refractivity contribution in [3.8, 4) is 22.5 Å². The standard InChI is InChI=1S/C22H18N6/c1-16(12-17-5-7-21(24-13-17)19-9-11-26-27-15-19)28-22-8-6-18(14-25-22)20-4-2-3-10-23-20/h2-11,13-15H,12H2,1H3. The van der Waals surface area contributed by atoms with E-state index in [1.165, 1.54) is 0 Å². The fourth-order valence-corrected chi connectivity index (χ4v) is 2.81. The fourth-order valence-electron chi connectivity index (χ4n) is 2.81. The second kappa shape index (κ2) is 8.26. The van der Waals surface area contributed by atoms with Gasteiger partial charge in [-0.3, -0.25) is 9.97 Å². The molecule has 0 aliphatic heterocycles. The van der Waals surface area contributed by atoms with Crippen LogP contribution in [0.4, 0.5) is 5.82 Å². The number of nitrogens with zero attached hydrogens (tertiary/aromatic N) is 6. The highest BCUT2D eigenvalue weighted by Gasteiger charge is 2.03. The molecular formula is C22H18N6. The van der Waals surface area contributed by atoms with Crippen molar-refractivity contribution in [3.05, 3.63) is 85.1 Å². The summed E-state index contributed by atoms with van der Waals surface area (Å²) >= 11 is 0. The molecule has 0 saturated carbocycles. The van der Waals surface area contributed by atoms with Gasteiger partial charge in [0.2, 0.25) is 0 Å². The normalized spacial score (nSPS) is 11.4. The summed E-state index contributed by atoms with van der Waals surface area (Å²) in [5.74, 6) is 0.685. The summed E-state index contributed by atoms with van der Waals surface area (Å²) in [6.07, 6.45) is 9.52. The van der Waals surface area contributed by atoms with E-state index < -0.39 is 0 Å². The summed E-state index contributed by atoms with van der Waals surface area (Å²) in [6.45, 7) is 2.00. The maximum absolute atomic E-state index is 4.61. The lowest BCUT2D eigenvalue weighted by molar-refractivity contribution is 1.03. The van der Waals surface area contributed by atoms with Gasteiger partial charge in [0.15, 0.2) is 5.82 Å². The summed E-state index contributed by atoms with van der Waals surface area (Å²) < 4.78 is 0. The molecule has 0 radical (unpaired) electrons. The van der Waals surface area contributed by atoms with Crippen LogP contribution >= 0.6 is 0 Å². The zero-order valence-electron chi connectivity index (χ0n) is 15.4. The Kier molecular flexibility index (Phi) is 5.20. The van der Waals surface area contributed by atoms with Gasteiger partial charge in [-0.05, 0) is 48.9 Å². The van der Waals surface area contributed by atoms with E-state index in [4.69, 9.17) is 0 Å². The molecule has 0 aliphatic carbocycles. The van der Waals surface area contributed by atoms with Gasteiger partial charge in [-0.25, -0.2) is 9.98 Å². The smallest absolute Gasteiger partial charge is 0.151 e. The first kappa shape index (κ1) is 17.6. The highest BCUT2D eigenvalue weighted by molar-refractivity contribution is 5.86. The topological polar surface area (TPSA) is 76.8 Å². The van der Waals surface area contributed by atoms with Crippen molar-refractivity contribution >= 4 is 11.5 Å². The third kappa shape index (κ3) is 4.29. The molecule has 0 bridgehead atoms. The van der Waals surface area contributed by atoms with Gasteiger partial charge in [-0.2, -0.15) is 10.2 Å². The summed E-state index contributed by atoms with van der Waals surface area (Å²) in [4.78, 5) is 17.9. The molecule has 136 valence electrons. The Hall–Kier alpha value is -3.80. The monoisotopic (exact) mass is 366 g/mol. The number of pyridine rings is 3. The van der Waals surface area contributed by atoms with Crippen LogP contribution in [0, 0.1) is 0 Å². The van der Waals surface area contributed by atoms with Crippen LogP contribution in [0.25, 0.3) is 22.5 Å².